The van der Waals surface area contributed by atoms with Crippen molar-refractivity contribution in [2.75, 3.05) is 0 Å². The molecule has 12 heavy (non-hydrogen) atoms. The van der Waals surface area contributed by atoms with Gasteiger partial charge in [0.15, 0.2) is 0 Å². The molecule has 0 aliphatic heterocycles. The Balaban J connectivity index is 2.34. The van der Waals surface area contributed by atoms with Crippen molar-refractivity contribution >= 4 is 16.9 Å². The summed E-state index contributed by atoms with van der Waals surface area (Å²) in [5, 5.41) is 2.11. The van der Waals surface area contributed by atoms with E-state index in [0.717, 1.165) is 6.42 Å². The van der Waals surface area contributed by atoms with Crippen LogP contribution >= 0.6 is 11.3 Å². The number of hydrogen-bond donors (Lipinski definition) is 0. The molecule has 0 fully saturated rings. The molecule has 60 valence electrons. The summed E-state index contributed by atoms with van der Waals surface area (Å²) in [7, 11) is 0. The quantitative estimate of drug-likeness (QED) is 0.609. The van der Waals surface area contributed by atoms with Gasteiger partial charge in [-0.05, 0) is 23.4 Å². The number of thiophene rings is 1. The van der Waals surface area contributed by atoms with Crippen molar-refractivity contribution in [2.45, 2.75) is 6.42 Å². The smallest absolute Gasteiger partial charge is 0.0342 e. The second kappa shape index (κ2) is 3.55. The summed E-state index contributed by atoms with van der Waals surface area (Å²) >= 11 is 1.79. The minimum Gasteiger partial charge on any atom is -0.144 e. The molecule has 1 aliphatic carbocycles. The van der Waals surface area contributed by atoms with Crippen LogP contribution in [0, 0.1) is 0 Å². The van der Waals surface area contributed by atoms with E-state index in [-0.39, 0.29) is 0 Å². The SMILES string of the molecule is C1=CCC=CC(c2cccs2)=C1. The normalized spacial score (nSPS) is 15.8. The maximum Gasteiger partial charge on any atom is 0.0342 e. The molecule has 0 atom stereocenters. The summed E-state index contributed by atoms with van der Waals surface area (Å²) in [6, 6.07) is 4.24. The molecule has 2 rings (SSSR count). The van der Waals surface area contributed by atoms with Crippen LogP contribution in [0.3, 0.4) is 0 Å². The lowest BCUT2D eigenvalue weighted by Crippen LogP contribution is -1.70. The Kier molecular flexibility index (Phi) is 2.23. The lowest BCUT2D eigenvalue weighted by molar-refractivity contribution is 1.41. The van der Waals surface area contributed by atoms with Crippen LogP contribution in [-0.2, 0) is 0 Å². The highest BCUT2D eigenvalue weighted by Gasteiger charge is 1.97. The lowest BCUT2D eigenvalue weighted by atomic mass is 10.2. The zero-order chi connectivity index (χ0) is 8.23. The molecule has 1 aromatic rings. The highest BCUT2D eigenvalue weighted by atomic mass is 32.1. The molecule has 0 bridgehead atoms. The first kappa shape index (κ1) is 7.56. The maximum absolute atomic E-state index is 2.19. The molecule has 0 saturated heterocycles. The molecule has 1 heteroatoms. The fourth-order valence-electron chi connectivity index (χ4n) is 1.19. The third kappa shape index (κ3) is 1.56. The fourth-order valence-corrected chi connectivity index (χ4v) is 1.92. The van der Waals surface area contributed by atoms with Crippen molar-refractivity contribution in [3.05, 3.63) is 52.8 Å². The Morgan fingerprint density at radius 1 is 1.25 bits per heavy atom. The first-order valence-electron chi connectivity index (χ1n) is 4.04. The topological polar surface area (TPSA) is 0 Å². The first-order chi connectivity index (χ1) is 5.97. The van der Waals surface area contributed by atoms with Crippen molar-refractivity contribution in [1.82, 2.24) is 0 Å². The van der Waals surface area contributed by atoms with Crippen molar-refractivity contribution in [1.29, 1.82) is 0 Å². The molecule has 0 unspecified atom stereocenters. The summed E-state index contributed by atoms with van der Waals surface area (Å²) in [4.78, 5) is 1.35. The second-order valence-electron chi connectivity index (χ2n) is 2.67. The first-order valence-corrected chi connectivity index (χ1v) is 4.92. The average molecular weight is 174 g/mol. The average Bonchev–Trinajstić information content (AvgIpc) is 2.48. The van der Waals surface area contributed by atoms with Gasteiger partial charge in [0, 0.05) is 4.88 Å². The van der Waals surface area contributed by atoms with Crippen molar-refractivity contribution < 1.29 is 0 Å². The van der Waals surface area contributed by atoms with E-state index in [1.54, 1.807) is 11.3 Å². The Hall–Kier alpha value is -1.08. The molecule has 1 aromatic heterocycles. The molecule has 0 spiro atoms. The molecule has 1 aliphatic rings. The van der Waals surface area contributed by atoms with Crippen LogP contribution in [0.2, 0.25) is 0 Å². The monoisotopic (exact) mass is 174 g/mol. The molecule has 0 radical (unpaired) electrons. The van der Waals surface area contributed by atoms with Gasteiger partial charge in [0.2, 0.25) is 0 Å². The summed E-state index contributed by atoms with van der Waals surface area (Å²) in [5.74, 6) is 0. The van der Waals surface area contributed by atoms with Crippen LogP contribution in [0.15, 0.2) is 47.9 Å². The summed E-state index contributed by atoms with van der Waals surface area (Å²) in [5.41, 5.74) is 1.32. The van der Waals surface area contributed by atoms with E-state index >= 15 is 0 Å². The van der Waals surface area contributed by atoms with Crippen LogP contribution in [-0.4, -0.2) is 0 Å². The van der Waals surface area contributed by atoms with E-state index in [0.29, 0.717) is 0 Å². The van der Waals surface area contributed by atoms with Gasteiger partial charge in [0.1, 0.15) is 0 Å². The van der Waals surface area contributed by atoms with E-state index in [4.69, 9.17) is 0 Å². The fraction of sp³-hybridized carbons (Fsp3) is 0.0909. The van der Waals surface area contributed by atoms with E-state index in [1.165, 1.54) is 10.5 Å². The maximum atomic E-state index is 2.19. The minimum absolute atomic E-state index is 1.05. The van der Waals surface area contributed by atoms with Gasteiger partial charge >= 0.3 is 0 Å². The van der Waals surface area contributed by atoms with E-state index in [2.05, 4.69) is 47.9 Å². The molecule has 0 amide bonds. The van der Waals surface area contributed by atoms with Crippen molar-refractivity contribution in [2.24, 2.45) is 0 Å². The van der Waals surface area contributed by atoms with Crippen molar-refractivity contribution in [3.8, 4) is 0 Å². The Morgan fingerprint density at radius 3 is 3.08 bits per heavy atom. The molecule has 0 aromatic carbocycles. The third-order valence-electron chi connectivity index (χ3n) is 1.79. The van der Waals surface area contributed by atoms with Gasteiger partial charge in [-0.3, -0.25) is 0 Å². The zero-order valence-corrected chi connectivity index (χ0v) is 7.55. The van der Waals surface area contributed by atoms with Crippen LogP contribution in [0.5, 0.6) is 0 Å². The van der Waals surface area contributed by atoms with E-state index < -0.39 is 0 Å². The molecule has 1 heterocycles. The second-order valence-corrected chi connectivity index (χ2v) is 3.61. The van der Waals surface area contributed by atoms with Gasteiger partial charge in [-0.2, -0.15) is 0 Å². The molecule has 0 saturated carbocycles. The molecule has 0 N–H and O–H groups in total. The van der Waals surface area contributed by atoms with Gasteiger partial charge in [-0.25, -0.2) is 0 Å². The van der Waals surface area contributed by atoms with Crippen LogP contribution in [0.1, 0.15) is 11.3 Å². The standard InChI is InChI=1S/C11H10S/c1-2-4-7-10(6-3-1)11-8-5-9-12-11/h1,3-9H,2H2. The number of rotatable bonds is 1. The van der Waals surface area contributed by atoms with Crippen LogP contribution < -0.4 is 0 Å². The summed E-state index contributed by atoms with van der Waals surface area (Å²) < 4.78 is 0. The van der Waals surface area contributed by atoms with Crippen molar-refractivity contribution in [3.63, 3.8) is 0 Å². The Bertz CT molecular complexity index is 326. The van der Waals surface area contributed by atoms with Gasteiger partial charge in [0.25, 0.3) is 0 Å². The zero-order valence-electron chi connectivity index (χ0n) is 6.73. The number of hydrogen-bond acceptors (Lipinski definition) is 1. The van der Waals surface area contributed by atoms with E-state index in [9.17, 15) is 0 Å². The van der Waals surface area contributed by atoms with Gasteiger partial charge < -0.3 is 0 Å². The highest BCUT2D eigenvalue weighted by molar-refractivity contribution is 7.11. The number of allylic oxidation sites excluding steroid dienone is 6. The minimum atomic E-state index is 1.05. The highest BCUT2D eigenvalue weighted by Crippen LogP contribution is 2.22. The summed E-state index contributed by atoms with van der Waals surface area (Å²) in [6.07, 6.45) is 11.9. The van der Waals surface area contributed by atoms with E-state index in [1.807, 2.05) is 0 Å². The van der Waals surface area contributed by atoms with Gasteiger partial charge in [-0.1, -0.05) is 36.4 Å². The Labute approximate surface area is 76.6 Å². The molecular formula is C11H10S. The lowest BCUT2D eigenvalue weighted by Gasteiger charge is -1.93. The summed E-state index contributed by atoms with van der Waals surface area (Å²) in [6.45, 7) is 0. The molecular weight excluding hydrogens is 164 g/mol. The third-order valence-corrected chi connectivity index (χ3v) is 2.71. The predicted octanol–water partition coefficient (Wildman–Crippen LogP) is 3.65. The largest absolute Gasteiger partial charge is 0.144 e. The molecule has 0 nitrogen and oxygen atoms in total. The predicted molar refractivity (Wildman–Crippen MR) is 55.2 cm³/mol. The van der Waals surface area contributed by atoms with Gasteiger partial charge in [0.05, 0.1) is 0 Å². The Morgan fingerprint density at radius 2 is 2.25 bits per heavy atom. The van der Waals surface area contributed by atoms with Crippen LogP contribution in [0.25, 0.3) is 5.57 Å². The van der Waals surface area contributed by atoms with Gasteiger partial charge in [-0.15, -0.1) is 11.3 Å². The van der Waals surface area contributed by atoms with Crippen LogP contribution in [0.4, 0.5) is 0 Å².